The highest BCUT2D eigenvalue weighted by Gasteiger charge is 1.93. The molecule has 10 heavy (non-hydrogen) atoms. The van der Waals surface area contributed by atoms with Crippen LogP contribution in [-0.4, -0.2) is 6.26 Å². The fourth-order valence-electron chi connectivity index (χ4n) is 0.686. The number of thiol groups is 2. The van der Waals surface area contributed by atoms with E-state index in [9.17, 15) is 0 Å². The molecule has 0 N–H and O–H groups in total. The summed E-state index contributed by atoms with van der Waals surface area (Å²) in [6.07, 6.45) is 2.04. The maximum Gasteiger partial charge on any atom is 0.00912 e. The van der Waals surface area contributed by atoms with Gasteiger partial charge in [0.1, 0.15) is 0 Å². The first-order valence-corrected chi connectivity index (χ1v) is 4.91. The quantitative estimate of drug-likeness (QED) is 0.504. The van der Waals surface area contributed by atoms with Crippen molar-refractivity contribution in [3.8, 4) is 0 Å². The summed E-state index contributed by atoms with van der Waals surface area (Å²) in [5.41, 5.74) is 0. The number of hydrogen-bond acceptors (Lipinski definition) is 3. The standard InChI is InChI=1S/C7H8S3/c1-10-7-3-5(8)2-6(9)4-7/h2-4,8-9H,1H3. The molecule has 0 heterocycles. The molecule has 0 amide bonds. The lowest BCUT2D eigenvalue weighted by atomic mass is 10.4. The van der Waals surface area contributed by atoms with Crippen LogP contribution in [0.4, 0.5) is 0 Å². The van der Waals surface area contributed by atoms with Gasteiger partial charge in [-0.2, -0.15) is 0 Å². The Balaban J connectivity index is 3.06. The molecule has 0 aliphatic heterocycles. The second kappa shape index (κ2) is 3.60. The normalized spacial score (nSPS) is 9.90. The van der Waals surface area contributed by atoms with Crippen molar-refractivity contribution in [1.29, 1.82) is 0 Å². The molecule has 0 radical (unpaired) electrons. The van der Waals surface area contributed by atoms with Crippen molar-refractivity contribution in [2.45, 2.75) is 14.7 Å². The van der Waals surface area contributed by atoms with Gasteiger partial charge in [0.05, 0.1) is 0 Å². The molecule has 0 saturated carbocycles. The Morgan fingerprint density at radius 3 is 2.00 bits per heavy atom. The predicted octanol–water partition coefficient (Wildman–Crippen LogP) is 2.99. The highest BCUT2D eigenvalue weighted by molar-refractivity contribution is 7.98. The van der Waals surface area contributed by atoms with E-state index >= 15 is 0 Å². The molecular formula is C7H8S3. The Bertz CT molecular complexity index is 212. The van der Waals surface area contributed by atoms with E-state index in [1.807, 2.05) is 24.5 Å². The topological polar surface area (TPSA) is 0 Å². The van der Waals surface area contributed by atoms with Crippen molar-refractivity contribution in [1.82, 2.24) is 0 Å². The molecule has 0 fully saturated rings. The molecular weight excluding hydrogens is 180 g/mol. The van der Waals surface area contributed by atoms with Gasteiger partial charge in [-0.05, 0) is 24.5 Å². The lowest BCUT2D eigenvalue weighted by Crippen LogP contribution is -1.72. The lowest BCUT2D eigenvalue weighted by molar-refractivity contribution is 1.24. The largest absolute Gasteiger partial charge is 0.143 e. The maximum atomic E-state index is 4.22. The van der Waals surface area contributed by atoms with Gasteiger partial charge in [-0.15, -0.1) is 37.0 Å². The third-order valence-corrected chi connectivity index (χ3v) is 2.34. The molecule has 0 unspecified atom stereocenters. The first-order chi connectivity index (χ1) is 4.72. The van der Waals surface area contributed by atoms with Crippen LogP contribution in [0.15, 0.2) is 32.9 Å². The summed E-state index contributed by atoms with van der Waals surface area (Å²) in [7, 11) is 0. The smallest absolute Gasteiger partial charge is 0.00912 e. The molecule has 0 aliphatic carbocycles. The zero-order valence-electron chi connectivity index (χ0n) is 5.53. The third-order valence-electron chi connectivity index (χ3n) is 1.11. The summed E-state index contributed by atoms with van der Waals surface area (Å²) in [6, 6.07) is 5.97. The third kappa shape index (κ3) is 2.15. The Hall–Kier alpha value is 0.270. The Labute approximate surface area is 76.2 Å². The Morgan fingerprint density at radius 2 is 1.60 bits per heavy atom. The number of thioether (sulfide) groups is 1. The first kappa shape index (κ1) is 8.37. The molecule has 0 atom stereocenters. The summed E-state index contributed by atoms with van der Waals surface area (Å²) in [5, 5.41) is 0. The highest BCUT2D eigenvalue weighted by atomic mass is 32.2. The zero-order chi connectivity index (χ0) is 7.56. The molecule has 1 rings (SSSR count). The van der Waals surface area contributed by atoms with E-state index in [4.69, 9.17) is 0 Å². The van der Waals surface area contributed by atoms with E-state index in [-0.39, 0.29) is 0 Å². The van der Waals surface area contributed by atoms with Crippen molar-refractivity contribution < 1.29 is 0 Å². The zero-order valence-corrected chi connectivity index (χ0v) is 8.14. The van der Waals surface area contributed by atoms with Crippen LogP contribution in [0, 0.1) is 0 Å². The summed E-state index contributed by atoms with van der Waals surface area (Å²) < 4.78 is 0. The summed E-state index contributed by atoms with van der Waals surface area (Å²) in [6.45, 7) is 0. The van der Waals surface area contributed by atoms with Crippen molar-refractivity contribution >= 4 is 37.0 Å². The summed E-state index contributed by atoms with van der Waals surface area (Å²) in [4.78, 5) is 3.14. The minimum absolute atomic E-state index is 0.969. The molecule has 0 bridgehead atoms. The first-order valence-electron chi connectivity index (χ1n) is 2.79. The van der Waals surface area contributed by atoms with Gasteiger partial charge in [0.15, 0.2) is 0 Å². The van der Waals surface area contributed by atoms with Crippen LogP contribution in [0.2, 0.25) is 0 Å². The Kier molecular flexibility index (Phi) is 3.01. The van der Waals surface area contributed by atoms with Crippen molar-refractivity contribution in [2.75, 3.05) is 6.26 Å². The van der Waals surface area contributed by atoms with Crippen LogP contribution in [0.3, 0.4) is 0 Å². The number of benzene rings is 1. The van der Waals surface area contributed by atoms with Crippen molar-refractivity contribution in [3.05, 3.63) is 18.2 Å². The van der Waals surface area contributed by atoms with E-state index in [2.05, 4.69) is 25.3 Å². The number of rotatable bonds is 1. The number of hydrogen-bond donors (Lipinski definition) is 2. The van der Waals surface area contributed by atoms with Gasteiger partial charge in [-0.3, -0.25) is 0 Å². The highest BCUT2D eigenvalue weighted by Crippen LogP contribution is 2.22. The predicted molar refractivity (Wildman–Crippen MR) is 52.7 cm³/mol. The SMILES string of the molecule is CSc1cc(S)cc(S)c1. The van der Waals surface area contributed by atoms with Crippen LogP contribution >= 0.6 is 37.0 Å². The van der Waals surface area contributed by atoms with E-state index in [1.165, 1.54) is 4.90 Å². The van der Waals surface area contributed by atoms with Gasteiger partial charge in [-0.25, -0.2) is 0 Å². The van der Waals surface area contributed by atoms with Gasteiger partial charge < -0.3 is 0 Å². The van der Waals surface area contributed by atoms with Gasteiger partial charge in [0.2, 0.25) is 0 Å². The molecule has 0 aromatic heterocycles. The second-order valence-electron chi connectivity index (χ2n) is 1.89. The fraction of sp³-hybridized carbons (Fsp3) is 0.143. The maximum absolute atomic E-state index is 4.22. The van der Waals surface area contributed by atoms with Crippen LogP contribution < -0.4 is 0 Å². The van der Waals surface area contributed by atoms with E-state index in [1.54, 1.807) is 11.8 Å². The van der Waals surface area contributed by atoms with E-state index in [0.29, 0.717) is 0 Å². The van der Waals surface area contributed by atoms with E-state index in [0.717, 1.165) is 9.79 Å². The van der Waals surface area contributed by atoms with Crippen molar-refractivity contribution in [2.24, 2.45) is 0 Å². The van der Waals surface area contributed by atoms with Crippen LogP contribution in [0.5, 0.6) is 0 Å². The molecule has 1 aromatic carbocycles. The van der Waals surface area contributed by atoms with Gasteiger partial charge in [-0.1, -0.05) is 0 Å². The monoisotopic (exact) mass is 188 g/mol. The van der Waals surface area contributed by atoms with Gasteiger partial charge in [0.25, 0.3) is 0 Å². The van der Waals surface area contributed by atoms with E-state index < -0.39 is 0 Å². The van der Waals surface area contributed by atoms with Crippen molar-refractivity contribution in [3.63, 3.8) is 0 Å². The molecule has 3 heteroatoms. The molecule has 0 saturated heterocycles. The summed E-state index contributed by atoms with van der Waals surface area (Å²) in [5.74, 6) is 0. The summed E-state index contributed by atoms with van der Waals surface area (Å²) >= 11 is 10.1. The minimum Gasteiger partial charge on any atom is -0.143 e. The van der Waals surface area contributed by atoms with Gasteiger partial charge in [0, 0.05) is 14.7 Å². The molecule has 0 nitrogen and oxygen atoms in total. The molecule has 0 spiro atoms. The Morgan fingerprint density at radius 1 is 1.10 bits per heavy atom. The second-order valence-corrected chi connectivity index (χ2v) is 3.80. The molecule has 0 aliphatic rings. The molecule has 1 aromatic rings. The minimum atomic E-state index is 0.969. The lowest BCUT2D eigenvalue weighted by Gasteiger charge is -1.98. The molecule has 54 valence electrons. The fourth-order valence-corrected chi connectivity index (χ4v) is 2.01. The van der Waals surface area contributed by atoms with Crippen LogP contribution in [-0.2, 0) is 0 Å². The average Bonchev–Trinajstić information content (AvgIpc) is 1.85. The van der Waals surface area contributed by atoms with Gasteiger partial charge >= 0.3 is 0 Å². The van der Waals surface area contributed by atoms with Crippen LogP contribution in [0.25, 0.3) is 0 Å². The van der Waals surface area contributed by atoms with Crippen LogP contribution in [0.1, 0.15) is 0 Å². The average molecular weight is 188 g/mol.